The van der Waals surface area contributed by atoms with Gasteiger partial charge >= 0.3 is 24.6 Å². The van der Waals surface area contributed by atoms with Crippen LogP contribution in [0.2, 0.25) is 0 Å². The lowest BCUT2D eigenvalue weighted by Crippen LogP contribution is -2.61. The number of anilines is 2. The highest BCUT2D eigenvalue weighted by Gasteiger charge is 2.46. The summed E-state index contributed by atoms with van der Waals surface area (Å²) in [6.45, 7) is 2.75. The molecule has 2 aromatic carbocycles. The van der Waals surface area contributed by atoms with E-state index in [1.807, 2.05) is 0 Å². The monoisotopic (exact) mass is 677 g/mol. The molecule has 47 heavy (non-hydrogen) atoms. The van der Waals surface area contributed by atoms with E-state index in [0.717, 1.165) is 23.1 Å². The van der Waals surface area contributed by atoms with Gasteiger partial charge in [-0.2, -0.15) is 39.5 Å². The molecule has 0 aliphatic carbocycles. The lowest BCUT2D eigenvalue weighted by Gasteiger charge is -2.46. The Morgan fingerprint density at radius 3 is 2.04 bits per heavy atom. The van der Waals surface area contributed by atoms with Crippen LogP contribution in [-0.4, -0.2) is 53.1 Å². The summed E-state index contributed by atoms with van der Waals surface area (Å²) < 4.78 is 128. The molecule has 2 atom stereocenters. The maximum atomic E-state index is 13.8. The Kier molecular flexibility index (Phi) is 8.85. The van der Waals surface area contributed by atoms with Crippen molar-refractivity contribution in [3.8, 4) is 0 Å². The van der Waals surface area contributed by atoms with E-state index >= 15 is 0 Å². The Hall–Kier alpha value is -4.12. The predicted molar refractivity (Wildman–Crippen MR) is 150 cm³/mol. The van der Waals surface area contributed by atoms with Crippen molar-refractivity contribution in [2.24, 2.45) is 5.73 Å². The first-order valence-corrected chi connectivity index (χ1v) is 14.3. The Morgan fingerprint density at radius 1 is 0.915 bits per heavy atom. The van der Waals surface area contributed by atoms with Gasteiger partial charge in [0, 0.05) is 31.5 Å². The molecule has 3 heterocycles. The molecule has 2 aliphatic rings. The van der Waals surface area contributed by atoms with Gasteiger partial charge in [-0.1, -0.05) is 6.92 Å². The fourth-order valence-corrected chi connectivity index (χ4v) is 5.89. The van der Waals surface area contributed by atoms with Crippen LogP contribution in [0.15, 0.2) is 42.5 Å². The number of ether oxygens (including phenoxy) is 1. The molecule has 0 saturated carbocycles. The highest BCUT2D eigenvalue weighted by atomic mass is 19.4. The number of hydrogen-bond donors (Lipinski definition) is 2. The number of halogens is 9. The van der Waals surface area contributed by atoms with Crippen LogP contribution in [0, 0.1) is 0 Å². The number of morpholine rings is 1. The molecule has 3 aromatic rings. The van der Waals surface area contributed by atoms with Gasteiger partial charge < -0.3 is 20.5 Å². The average Bonchev–Trinajstić information content (AvgIpc) is 2.99. The van der Waals surface area contributed by atoms with Crippen molar-refractivity contribution in [3.63, 3.8) is 0 Å². The molecular weight excluding hydrogens is 649 g/mol. The molecule has 0 unspecified atom stereocenters. The number of nitrogens with two attached hydrogens (primary N) is 1. The van der Waals surface area contributed by atoms with Crippen molar-refractivity contribution in [2.45, 2.75) is 56.3 Å². The zero-order chi connectivity index (χ0) is 34.5. The van der Waals surface area contributed by atoms with Crippen LogP contribution >= 0.6 is 0 Å². The van der Waals surface area contributed by atoms with Crippen LogP contribution in [0.4, 0.5) is 55.8 Å². The largest absolute Gasteiger partial charge is 0.465 e. The average molecular weight is 678 g/mol. The minimum atomic E-state index is -5.10. The number of benzene rings is 2. The van der Waals surface area contributed by atoms with Gasteiger partial charge in [0.1, 0.15) is 17.3 Å². The summed E-state index contributed by atoms with van der Waals surface area (Å²) in [7, 11) is 0. The smallest absolute Gasteiger partial charge is 0.416 e. The number of aromatic nitrogens is 2. The topological polar surface area (TPSA) is 105 Å². The second kappa shape index (κ2) is 12.2. The molecule has 1 fully saturated rings. The number of carboxylic acid groups (broad SMARTS) is 1. The summed E-state index contributed by atoms with van der Waals surface area (Å²) >= 11 is 0. The Bertz CT molecular complexity index is 1620. The van der Waals surface area contributed by atoms with Gasteiger partial charge in [-0.15, -0.1) is 0 Å². The van der Waals surface area contributed by atoms with E-state index in [9.17, 15) is 49.4 Å². The summed E-state index contributed by atoms with van der Waals surface area (Å²) in [6, 6.07) is 5.09. The molecule has 1 aromatic heterocycles. The molecule has 0 bridgehead atoms. The van der Waals surface area contributed by atoms with Crippen LogP contribution in [0.25, 0.3) is 0 Å². The fraction of sp³-hybridized carbons (Fsp3) is 0.433. The lowest BCUT2D eigenvalue weighted by atomic mass is 9.78. The number of carbonyl (C=O) groups is 1. The predicted octanol–water partition coefficient (Wildman–Crippen LogP) is 7.05. The first-order valence-electron chi connectivity index (χ1n) is 14.3. The van der Waals surface area contributed by atoms with E-state index in [2.05, 4.69) is 9.97 Å². The van der Waals surface area contributed by atoms with E-state index in [1.165, 1.54) is 6.07 Å². The van der Waals surface area contributed by atoms with Gasteiger partial charge in [-0.25, -0.2) is 14.8 Å². The Balaban J connectivity index is 1.70. The number of alkyl halides is 9. The maximum Gasteiger partial charge on any atom is 0.416 e. The fourth-order valence-electron chi connectivity index (χ4n) is 5.89. The third kappa shape index (κ3) is 7.10. The van der Waals surface area contributed by atoms with E-state index in [-0.39, 0.29) is 60.7 Å². The SMILES string of the molecule is CC[C@]1(N)C[C@H](c2cc(N3CCOCC3)nc(Cc3cc(C(F)(F)F)cc(C(F)(F)F)c3)n2)c2cc(C(F)(F)F)ccc2N1C(=O)O. The van der Waals surface area contributed by atoms with Gasteiger partial charge in [0.2, 0.25) is 0 Å². The van der Waals surface area contributed by atoms with Crippen molar-refractivity contribution in [1.82, 2.24) is 9.97 Å². The summed E-state index contributed by atoms with van der Waals surface area (Å²) in [5.41, 5.74) is 0.286. The zero-order valence-corrected chi connectivity index (χ0v) is 24.6. The van der Waals surface area contributed by atoms with Crippen LogP contribution in [0.5, 0.6) is 0 Å². The standard InChI is InChI=1S/C30H28F9N5O3/c1-2-27(40)15-21(20-13-17(28(31,32)33)3-4-23(20)44(27)26(45)46)22-14-25(43-5-7-47-8-6-43)42-24(41-22)11-16-9-18(29(34,35)36)12-19(10-16)30(37,38)39/h3-4,9-10,12-14,21H,2,5-8,11,15,40H2,1H3,(H,45,46)/t21-,27+/m0/s1. The first-order chi connectivity index (χ1) is 21.8. The van der Waals surface area contributed by atoms with E-state index < -0.39 is 64.9 Å². The van der Waals surface area contributed by atoms with Crippen LogP contribution in [0.1, 0.15) is 65.0 Å². The third-order valence-electron chi connectivity index (χ3n) is 8.26. The zero-order valence-electron chi connectivity index (χ0n) is 24.6. The Labute approximate surface area is 262 Å². The summed E-state index contributed by atoms with van der Waals surface area (Å²) in [5.74, 6) is -1.06. The lowest BCUT2D eigenvalue weighted by molar-refractivity contribution is -0.143. The second-order valence-corrected chi connectivity index (χ2v) is 11.4. The van der Waals surface area contributed by atoms with Gasteiger partial charge in [0.15, 0.2) is 0 Å². The van der Waals surface area contributed by atoms with Crippen LogP contribution < -0.4 is 15.5 Å². The van der Waals surface area contributed by atoms with Crippen molar-refractivity contribution >= 4 is 17.6 Å². The highest BCUT2D eigenvalue weighted by molar-refractivity contribution is 5.90. The van der Waals surface area contributed by atoms with Crippen LogP contribution in [-0.2, 0) is 29.7 Å². The second-order valence-electron chi connectivity index (χ2n) is 11.4. The molecule has 0 radical (unpaired) electrons. The van der Waals surface area contributed by atoms with Gasteiger partial charge in [0.25, 0.3) is 0 Å². The van der Waals surface area contributed by atoms with E-state index in [4.69, 9.17) is 10.5 Å². The van der Waals surface area contributed by atoms with E-state index in [1.54, 1.807) is 11.8 Å². The molecule has 5 rings (SSSR count). The highest BCUT2D eigenvalue weighted by Crippen LogP contribution is 2.48. The molecule has 8 nitrogen and oxygen atoms in total. The maximum absolute atomic E-state index is 13.8. The van der Waals surface area contributed by atoms with Gasteiger partial charge in [-0.3, -0.25) is 4.90 Å². The van der Waals surface area contributed by atoms with Gasteiger partial charge in [-0.05, 0) is 60.4 Å². The number of nitrogens with zero attached hydrogens (tertiary/aromatic N) is 4. The number of hydrogen-bond acceptors (Lipinski definition) is 6. The van der Waals surface area contributed by atoms with Crippen LogP contribution in [0.3, 0.4) is 0 Å². The molecule has 254 valence electrons. The molecule has 2 aliphatic heterocycles. The Morgan fingerprint density at radius 2 is 1.51 bits per heavy atom. The van der Waals surface area contributed by atoms with Crippen molar-refractivity contribution in [3.05, 3.63) is 81.8 Å². The summed E-state index contributed by atoms with van der Waals surface area (Å²) in [5, 5.41) is 10.0. The van der Waals surface area contributed by atoms with Gasteiger partial charge in [0.05, 0.1) is 41.3 Å². The normalized spacial score (nSPS) is 20.7. The van der Waals surface area contributed by atoms with Crippen molar-refractivity contribution in [2.75, 3.05) is 36.1 Å². The van der Waals surface area contributed by atoms with Crippen molar-refractivity contribution in [1.29, 1.82) is 0 Å². The molecule has 1 amide bonds. The summed E-state index contributed by atoms with van der Waals surface area (Å²) in [6.07, 6.45) is -17.3. The molecule has 3 N–H and O–H groups in total. The molecular formula is C30H28F9N5O3. The molecule has 0 spiro atoms. The molecule has 17 heteroatoms. The number of rotatable bonds is 5. The third-order valence-corrected chi connectivity index (χ3v) is 8.26. The molecule has 1 saturated heterocycles. The number of fused-ring (bicyclic) bond motifs is 1. The minimum absolute atomic E-state index is 0.00306. The number of amides is 1. The first kappa shape index (κ1) is 34.2. The minimum Gasteiger partial charge on any atom is -0.465 e. The van der Waals surface area contributed by atoms with E-state index in [0.29, 0.717) is 25.2 Å². The van der Waals surface area contributed by atoms with Crippen molar-refractivity contribution < 1.29 is 54.2 Å². The quantitative estimate of drug-likeness (QED) is 0.279. The summed E-state index contributed by atoms with van der Waals surface area (Å²) in [4.78, 5) is 23.8.